The highest BCUT2D eigenvalue weighted by Crippen LogP contribution is 2.43. The average Bonchev–Trinajstić information content (AvgIpc) is 3.60. The second-order valence-corrected chi connectivity index (χ2v) is 13.4. The van der Waals surface area contributed by atoms with Gasteiger partial charge in [-0.3, -0.25) is 4.90 Å². The Hall–Kier alpha value is -2.31. The molecule has 1 unspecified atom stereocenters. The number of aromatic nitrogens is 1. The highest BCUT2D eigenvalue weighted by Gasteiger charge is 2.36. The van der Waals surface area contributed by atoms with E-state index in [4.69, 9.17) is 9.40 Å². The molecule has 5 nitrogen and oxygen atoms in total. The minimum Gasteiger partial charge on any atom is -0.423 e. The van der Waals surface area contributed by atoms with Crippen LogP contribution in [0.1, 0.15) is 87.4 Å². The summed E-state index contributed by atoms with van der Waals surface area (Å²) >= 11 is 1.93. The van der Waals surface area contributed by atoms with Crippen molar-refractivity contribution in [2.24, 2.45) is 17.8 Å². The highest BCUT2D eigenvalue weighted by molar-refractivity contribution is 7.10. The molecular weight excluding hydrogens is 512 g/mol. The number of rotatable bonds is 11. The summed E-state index contributed by atoms with van der Waals surface area (Å²) in [6, 6.07) is 13.3. The van der Waals surface area contributed by atoms with E-state index < -0.39 is 0 Å². The Morgan fingerprint density at radius 2 is 1.68 bits per heavy atom. The first kappa shape index (κ1) is 29.2. The SMILES string of the molecule is CCN(CC)C(c1nc(Cc2ccccc2)c(N2CCC(C)CC2)o1)C1CCC(Cc2sccc2N(C)C)CC1. The Balaban J connectivity index is 1.37. The fourth-order valence-electron chi connectivity index (χ4n) is 6.98. The zero-order valence-corrected chi connectivity index (χ0v) is 26.3. The van der Waals surface area contributed by atoms with Crippen LogP contribution >= 0.6 is 11.3 Å². The summed E-state index contributed by atoms with van der Waals surface area (Å²) in [5.41, 5.74) is 3.83. The molecule has 1 saturated heterocycles. The van der Waals surface area contributed by atoms with Gasteiger partial charge in [0.2, 0.25) is 11.8 Å². The fourth-order valence-corrected chi connectivity index (χ4v) is 8.04. The van der Waals surface area contributed by atoms with Gasteiger partial charge in [0.1, 0.15) is 5.69 Å². The normalized spacial score (nSPS) is 21.2. The van der Waals surface area contributed by atoms with Gasteiger partial charge in [-0.15, -0.1) is 11.3 Å². The zero-order valence-electron chi connectivity index (χ0n) is 25.4. The largest absolute Gasteiger partial charge is 0.423 e. The van der Waals surface area contributed by atoms with Crippen molar-refractivity contribution in [3.05, 3.63) is 63.8 Å². The number of nitrogens with zero attached hydrogens (tertiary/aromatic N) is 4. The molecule has 0 amide bonds. The van der Waals surface area contributed by atoms with Crippen LogP contribution in [0.25, 0.3) is 0 Å². The molecule has 6 heteroatoms. The summed E-state index contributed by atoms with van der Waals surface area (Å²) in [6.07, 6.45) is 9.59. The maximum absolute atomic E-state index is 6.89. The van der Waals surface area contributed by atoms with E-state index in [0.29, 0.717) is 5.92 Å². The summed E-state index contributed by atoms with van der Waals surface area (Å²) < 4.78 is 6.89. The Morgan fingerprint density at radius 1 is 0.975 bits per heavy atom. The van der Waals surface area contributed by atoms with Gasteiger partial charge < -0.3 is 14.2 Å². The molecule has 3 heterocycles. The third-order valence-electron chi connectivity index (χ3n) is 9.45. The molecule has 2 aromatic heterocycles. The predicted molar refractivity (Wildman–Crippen MR) is 170 cm³/mol. The molecule has 40 heavy (non-hydrogen) atoms. The van der Waals surface area contributed by atoms with Gasteiger partial charge in [-0.1, -0.05) is 51.1 Å². The van der Waals surface area contributed by atoms with Crippen molar-refractivity contribution in [3.8, 4) is 0 Å². The Kier molecular flexibility index (Phi) is 9.90. The van der Waals surface area contributed by atoms with Gasteiger partial charge in [-0.25, -0.2) is 4.98 Å². The van der Waals surface area contributed by atoms with Gasteiger partial charge in [0, 0.05) is 38.5 Å². The fraction of sp³-hybridized carbons (Fsp3) is 0.618. The van der Waals surface area contributed by atoms with Gasteiger partial charge >= 0.3 is 0 Å². The number of oxazole rings is 1. The van der Waals surface area contributed by atoms with E-state index in [1.165, 1.54) is 56.2 Å². The molecule has 1 aromatic carbocycles. The second-order valence-electron chi connectivity index (χ2n) is 12.4. The lowest BCUT2D eigenvalue weighted by molar-refractivity contribution is 0.0932. The molecule has 0 bridgehead atoms. The number of anilines is 2. The smallest absolute Gasteiger partial charge is 0.219 e. The van der Waals surface area contributed by atoms with Crippen molar-refractivity contribution < 1.29 is 4.42 Å². The monoisotopic (exact) mass is 562 g/mol. The molecule has 0 radical (unpaired) electrons. The topological polar surface area (TPSA) is 35.8 Å². The first-order chi connectivity index (χ1) is 19.5. The van der Waals surface area contributed by atoms with Gasteiger partial charge in [-0.2, -0.15) is 0 Å². The molecule has 5 rings (SSSR count). The third kappa shape index (κ3) is 6.76. The van der Waals surface area contributed by atoms with E-state index in [1.807, 2.05) is 11.3 Å². The molecule has 2 fully saturated rings. The number of piperidine rings is 1. The molecule has 1 aliphatic carbocycles. The number of hydrogen-bond acceptors (Lipinski definition) is 6. The van der Waals surface area contributed by atoms with E-state index in [-0.39, 0.29) is 6.04 Å². The third-order valence-corrected chi connectivity index (χ3v) is 10.4. The average molecular weight is 563 g/mol. The standard InChI is InChI=1S/C34H50N4OS/c1-6-37(7-2)32(28-15-13-27(14-16-28)24-31-30(36(4)5)19-22-40-31)33-35-29(23-26-11-9-8-10-12-26)34(39-33)38-20-17-25(3)18-21-38/h8-12,19,22,25,27-28,32H,6-7,13-18,20-21,23-24H2,1-5H3. The number of benzene rings is 1. The van der Waals surface area contributed by atoms with Crippen LogP contribution in [0.15, 0.2) is 46.2 Å². The Morgan fingerprint density at radius 3 is 2.33 bits per heavy atom. The Bertz CT molecular complexity index is 1170. The number of thiophene rings is 1. The van der Waals surface area contributed by atoms with E-state index in [2.05, 4.69) is 91.3 Å². The van der Waals surface area contributed by atoms with Crippen molar-refractivity contribution in [2.75, 3.05) is 50.1 Å². The molecule has 0 N–H and O–H groups in total. The summed E-state index contributed by atoms with van der Waals surface area (Å²) in [4.78, 5) is 14.3. The van der Waals surface area contributed by atoms with E-state index in [9.17, 15) is 0 Å². The van der Waals surface area contributed by atoms with Crippen LogP contribution in [0.4, 0.5) is 11.6 Å². The zero-order chi connectivity index (χ0) is 28.1. The molecule has 3 aromatic rings. The van der Waals surface area contributed by atoms with E-state index in [1.54, 1.807) is 4.88 Å². The first-order valence-corrected chi connectivity index (χ1v) is 16.6. The predicted octanol–water partition coefficient (Wildman–Crippen LogP) is 8.06. The van der Waals surface area contributed by atoms with Gasteiger partial charge in [0.25, 0.3) is 0 Å². The van der Waals surface area contributed by atoms with Gasteiger partial charge in [-0.05, 0) is 92.8 Å². The first-order valence-electron chi connectivity index (χ1n) is 15.7. The van der Waals surface area contributed by atoms with Crippen molar-refractivity contribution in [3.63, 3.8) is 0 Å². The number of hydrogen-bond donors (Lipinski definition) is 0. The quantitative estimate of drug-likeness (QED) is 0.236. The summed E-state index contributed by atoms with van der Waals surface area (Å²) in [5, 5.41) is 2.25. The lowest BCUT2D eigenvalue weighted by Gasteiger charge is -2.38. The van der Waals surface area contributed by atoms with Crippen LogP contribution in [0.2, 0.25) is 0 Å². The van der Waals surface area contributed by atoms with Crippen molar-refractivity contribution in [1.82, 2.24) is 9.88 Å². The van der Waals surface area contributed by atoms with Gasteiger partial charge in [0.05, 0.1) is 11.7 Å². The van der Waals surface area contributed by atoms with Gasteiger partial charge in [0.15, 0.2) is 0 Å². The van der Waals surface area contributed by atoms with Crippen molar-refractivity contribution >= 4 is 22.9 Å². The van der Waals surface area contributed by atoms with Crippen LogP contribution < -0.4 is 9.80 Å². The lowest BCUT2D eigenvalue weighted by Crippen LogP contribution is -2.36. The molecule has 1 saturated carbocycles. The molecule has 1 atom stereocenters. The summed E-state index contributed by atoms with van der Waals surface area (Å²) in [6.45, 7) is 11.1. The van der Waals surface area contributed by atoms with Crippen molar-refractivity contribution in [1.29, 1.82) is 0 Å². The molecule has 0 spiro atoms. The molecule has 2 aliphatic rings. The van der Waals surface area contributed by atoms with Crippen LogP contribution in [0, 0.1) is 17.8 Å². The van der Waals surface area contributed by atoms with E-state index in [0.717, 1.165) is 61.9 Å². The van der Waals surface area contributed by atoms with Crippen LogP contribution in [-0.4, -0.2) is 50.2 Å². The minimum atomic E-state index is 0.252. The lowest BCUT2D eigenvalue weighted by atomic mass is 9.76. The minimum absolute atomic E-state index is 0.252. The van der Waals surface area contributed by atoms with Crippen LogP contribution in [0.3, 0.4) is 0 Å². The maximum Gasteiger partial charge on any atom is 0.219 e. The maximum atomic E-state index is 6.89. The van der Waals surface area contributed by atoms with Crippen LogP contribution in [0.5, 0.6) is 0 Å². The van der Waals surface area contributed by atoms with Crippen molar-refractivity contribution in [2.45, 2.75) is 78.2 Å². The molecule has 218 valence electrons. The Labute approximate surface area is 246 Å². The molecule has 1 aliphatic heterocycles. The summed E-state index contributed by atoms with van der Waals surface area (Å²) in [7, 11) is 4.33. The second kappa shape index (κ2) is 13.6. The van der Waals surface area contributed by atoms with Crippen LogP contribution in [-0.2, 0) is 12.8 Å². The highest BCUT2D eigenvalue weighted by atomic mass is 32.1. The molecular formula is C34H50N4OS. The summed E-state index contributed by atoms with van der Waals surface area (Å²) in [5.74, 6) is 4.14. The van der Waals surface area contributed by atoms with E-state index >= 15 is 0 Å².